The van der Waals surface area contributed by atoms with E-state index in [2.05, 4.69) is 12.3 Å². The van der Waals surface area contributed by atoms with Crippen LogP contribution in [-0.2, 0) is 0 Å². The number of hydrogen-bond donors (Lipinski definition) is 1. The van der Waals surface area contributed by atoms with Gasteiger partial charge in [0.1, 0.15) is 5.75 Å². The third-order valence-corrected chi connectivity index (χ3v) is 3.70. The van der Waals surface area contributed by atoms with Gasteiger partial charge in [-0.05, 0) is 53.0 Å². The van der Waals surface area contributed by atoms with Crippen LogP contribution in [0.5, 0.6) is 5.75 Å². The number of methoxy groups -OCH3 is 1. The minimum atomic E-state index is -0.371. The number of ether oxygens (including phenoxy) is 1. The Kier molecular flexibility index (Phi) is 4.50. The summed E-state index contributed by atoms with van der Waals surface area (Å²) in [7, 11) is 1.67. The Morgan fingerprint density at radius 2 is 1.89 bits per heavy atom. The van der Waals surface area contributed by atoms with Crippen LogP contribution in [0.2, 0.25) is 0 Å². The second kappa shape index (κ2) is 6.12. The van der Waals surface area contributed by atoms with E-state index in [1.54, 1.807) is 18.9 Å². The van der Waals surface area contributed by atoms with Crippen LogP contribution in [0.25, 0.3) is 10.8 Å². The zero-order valence-corrected chi connectivity index (χ0v) is 11.5. The summed E-state index contributed by atoms with van der Waals surface area (Å²) in [6.45, 7) is 0. The van der Waals surface area contributed by atoms with Crippen LogP contribution in [0.3, 0.4) is 0 Å². The second-order valence-corrected chi connectivity index (χ2v) is 5.26. The van der Waals surface area contributed by atoms with Gasteiger partial charge in [0.25, 0.3) is 0 Å². The Morgan fingerprint density at radius 1 is 1.17 bits per heavy atom. The minimum Gasteiger partial charge on any atom is -0.497 e. The summed E-state index contributed by atoms with van der Waals surface area (Å²) in [5, 5.41) is 12.3. The zero-order valence-electron chi connectivity index (χ0n) is 10.7. The number of aliphatic hydroxyl groups is 1. The fourth-order valence-electron chi connectivity index (χ4n) is 1.97. The van der Waals surface area contributed by atoms with Crippen molar-refractivity contribution >= 4 is 22.5 Å². The molecule has 2 nitrogen and oxygen atoms in total. The van der Waals surface area contributed by atoms with Crippen molar-refractivity contribution in [2.24, 2.45) is 0 Å². The van der Waals surface area contributed by atoms with Crippen LogP contribution in [0.4, 0.5) is 0 Å². The first-order valence-corrected chi connectivity index (χ1v) is 7.38. The number of rotatable bonds is 5. The van der Waals surface area contributed by atoms with Crippen LogP contribution in [-0.4, -0.2) is 24.2 Å². The van der Waals surface area contributed by atoms with Gasteiger partial charge in [0, 0.05) is 0 Å². The smallest absolute Gasteiger partial charge is 0.119 e. The molecule has 0 amide bonds. The van der Waals surface area contributed by atoms with Gasteiger partial charge in [-0.15, -0.1) is 0 Å². The highest BCUT2D eigenvalue weighted by Gasteiger charge is 2.07. The Morgan fingerprint density at radius 3 is 2.61 bits per heavy atom. The topological polar surface area (TPSA) is 29.5 Å². The molecule has 96 valence electrons. The van der Waals surface area contributed by atoms with Crippen molar-refractivity contribution in [3.8, 4) is 5.75 Å². The predicted octanol–water partition coefficient (Wildman–Crippen LogP) is 3.63. The summed E-state index contributed by atoms with van der Waals surface area (Å²) < 4.78 is 5.20. The molecule has 0 bridgehead atoms. The average molecular weight is 262 g/mol. The standard InChI is InChI=1S/C15H18O2S/c1-17-14-6-5-11-9-13(4-3-12(11)10-14)15(16)7-8-18-2/h3-6,9-10,15-16H,7-8H2,1-2H3. The van der Waals surface area contributed by atoms with E-state index in [1.165, 1.54) is 0 Å². The first kappa shape index (κ1) is 13.2. The van der Waals surface area contributed by atoms with Gasteiger partial charge < -0.3 is 9.84 Å². The van der Waals surface area contributed by atoms with E-state index in [9.17, 15) is 5.11 Å². The summed E-state index contributed by atoms with van der Waals surface area (Å²) in [4.78, 5) is 0. The molecule has 0 aliphatic rings. The van der Waals surface area contributed by atoms with E-state index in [-0.39, 0.29) is 6.10 Å². The fourth-order valence-corrected chi connectivity index (χ4v) is 2.43. The van der Waals surface area contributed by atoms with Crippen molar-refractivity contribution in [1.29, 1.82) is 0 Å². The van der Waals surface area contributed by atoms with Crippen LogP contribution < -0.4 is 4.74 Å². The van der Waals surface area contributed by atoms with Gasteiger partial charge in [-0.25, -0.2) is 0 Å². The minimum absolute atomic E-state index is 0.371. The molecule has 0 radical (unpaired) electrons. The maximum absolute atomic E-state index is 10.1. The molecule has 0 saturated heterocycles. The van der Waals surface area contributed by atoms with E-state index in [4.69, 9.17) is 4.74 Å². The lowest BCUT2D eigenvalue weighted by molar-refractivity contribution is 0.175. The summed E-state index contributed by atoms with van der Waals surface area (Å²) >= 11 is 1.76. The average Bonchev–Trinajstić information content (AvgIpc) is 2.43. The monoisotopic (exact) mass is 262 g/mol. The van der Waals surface area contributed by atoms with E-state index in [0.29, 0.717) is 0 Å². The molecule has 0 heterocycles. The van der Waals surface area contributed by atoms with Gasteiger partial charge in [-0.3, -0.25) is 0 Å². The highest BCUT2D eigenvalue weighted by atomic mass is 32.2. The number of aliphatic hydroxyl groups excluding tert-OH is 1. The zero-order chi connectivity index (χ0) is 13.0. The van der Waals surface area contributed by atoms with Crippen molar-refractivity contribution in [3.63, 3.8) is 0 Å². The summed E-state index contributed by atoms with van der Waals surface area (Å²) in [5.74, 6) is 1.83. The molecule has 0 aromatic heterocycles. The van der Waals surface area contributed by atoms with Crippen molar-refractivity contribution < 1.29 is 9.84 Å². The molecule has 0 fully saturated rings. The Hall–Kier alpha value is -1.19. The first-order chi connectivity index (χ1) is 8.74. The van der Waals surface area contributed by atoms with Crippen LogP contribution >= 0.6 is 11.8 Å². The molecule has 2 aromatic rings. The molecule has 0 aliphatic carbocycles. The predicted molar refractivity (Wildman–Crippen MR) is 78.5 cm³/mol. The number of benzene rings is 2. The molecular formula is C15H18O2S. The molecule has 1 N–H and O–H groups in total. The molecular weight excluding hydrogens is 244 g/mol. The first-order valence-electron chi connectivity index (χ1n) is 5.99. The van der Waals surface area contributed by atoms with E-state index >= 15 is 0 Å². The molecule has 0 aliphatic heterocycles. The van der Waals surface area contributed by atoms with Crippen LogP contribution in [0.1, 0.15) is 18.1 Å². The van der Waals surface area contributed by atoms with E-state index < -0.39 is 0 Å². The maximum Gasteiger partial charge on any atom is 0.119 e. The Labute approximate surface area is 112 Å². The van der Waals surface area contributed by atoms with Crippen molar-refractivity contribution in [2.45, 2.75) is 12.5 Å². The molecule has 2 rings (SSSR count). The highest BCUT2D eigenvalue weighted by Crippen LogP contribution is 2.26. The number of hydrogen-bond acceptors (Lipinski definition) is 3. The van der Waals surface area contributed by atoms with Gasteiger partial charge in [-0.2, -0.15) is 11.8 Å². The van der Waals surface area contributed by atoms with Crippen LogP contribution in [0, 0.1) is 0 Å². The molecule has 0 saturated carbocycles. The SMILES string of the molecule is COc1ccc2cc(C(O)CCSC)ccc2c1. The van der Waals surface area contributed by atoms with Gasteiger partial charge >= 0.3 is 0 Å². The quantitative estimate of drug-likeness (QED) is 0.892. The van der Waals surface area contributed by atoms with E-state index in [1.807, 2.05) is 30.3 Å². The van der Waals surface area contributed by atoms with Crippen molar-refractivity contribution in [2.75, 3.05) is 19.1 Å². The van der Waals surface area contributed by atoms with Crippen molar-refractivity contribution in [3.05, 3.63) is 42.0 Å². The maximum atomic E-state index is 10.1. The molecule has 1 unspecified atom stereocenters. The van der Waals surface area contributed by atoms with Gasteiger partial charge in [0.2, 0.25) is 0 Å². The Balaban J connectivity index is 2.27. The molecule has 2 aromatic carbocycles. The number of fused-ring (bicyclic) bond motifs is 1. The third kappa shape index (κ3) is 2.98. The summed E-state index contributed by atoms with van der Waals surface area (Å²) in [5.41, 5.74) is 0.988. The highest BCUT2D eigenvalue weighted by molar-refractivity contribution is 7.98. The normalized spacial score (nSPS) is 12.6. The molecule has 18 heavy (non-hydrogen) atoms. The lowest BCUT2D eigenvalue weighted by atomic mass is 10.0. The lowest BCUT2D eigenvalue weighted by Crippen LogP contribution is -1.98. The lowest BCUT2D eigenvalue weighted by Gasteiger charge is -2.11. The van der Waals surface area contributed by atoms with Gasteiger partial charge in [-0.1, -0.05) is 18.2 Å². The molecule has 1 atom stereocenters. The summed E-state index contributed by atoms with van der Waals surface area (Å²) in [6.07, 6.45) is 2.48. The fraction of sp³-hybridized carbons (Fsp3) is 0.333. The third-order valence-electron chi connectivity index (χ3n) is 3.05. The van der Waals surface area contributed by atoms with Gasteiger partial charge in [0.15, 0.2) is 0 Å². The van der Waals surface area contributed by atoms with E-state index in [0.717, 1.165) is 34.3 Å². The van der Waals surface area contributed by atoms with Crippen LogP contribution in [0.15, 0.2) is 36.4 Å². The number of thioether (sulfide) groups is 1. The second-order valence-electron chi connectivity index (χ2n) is 4.27. The summed E-state index contributed by atoms with van der Waals surface area (Å²) in [6, 6.07) is 12.1. The van der Waals surface area contributed by atoms with Gasteiger partial charge in [0.05, 0.1) is 13.2 Å². The largest absolute Gasteiger partial charge is 0.497 e. The van der Waals surface area contributed by atoms with Crippen molar-refractivity contribution in [1.82, 2.24) is 0 Å². The molecule has 0 spiro atoms. The molecule has 3 heteroatoms. The Bertz CT molecular complexity index is 525.